The summed E-state index contributed by atoms with van der Waals surface area (Å²) in [5, 5.41) is 25.5. The van der Waals surface area contributed by atoms with E-state index in [1.54, 1.807) is 24.3 Å². The zero-order valence-electron chi connectivity index (χ0n) is 21.3. The molecule has 2 fully saturated rings. The highest BCUT2D eigenvalue weighted by atomic mass is 32.2. The zero-order valence-corrected chi connectivity index (χ0v) is 22.9. The minimum Gasteiger partial charge on any atom is -0.497 e. The summed E-state index contributed by atoms with van der Waals surface area (Å²) in [6.07, 6.45) is 1.63. The first-order chi connectivity index (χ1) is 19.6. The van der Waals surface area contributed by atoms with Crippen LogP contribution < -0.4 is 15.8 Å². The molecule has 0 spiro atoms. The van der Waals surface area contributed by atoms with Gasteiger partial charge in [-0.15, -0.1) is 23.1 Å². The maximum Gasteiger partial charge on any atom is 0.352 e. The van der Waals surface area contributed by atoms with Crippen molar-refractivity contribution in [1.29, 1.82) is 0 Å². The lowest BCUT2D eigenvalue weighted by Gasteiger charge is -2.49. The van der Waals surface area contributed by atoms with Gasteiger partial charge in [-0.2, -0.15) is 0 Å². The number of thiazole rings is 1. The number of hydrogen-bond acceptors (Lipinski definition) is 12. The van der Waals surface area contributed by atoms with Gasteiger partial charge in [0.2, 0.25) is 0 Å². The Morgan fingerprint density at radius 3 is 2.59 bits per heavy atom. The largest absolute Gasteiger partial charge is 0.497 e. The Bertz CT molecular complexity index is 1560. The lowest BCUT2D eigenvalue weighted by atomic mass is 10.0. The molecule has 4 heterocycles. The third-order valence-corrected chi connectivity index (χ3v) is 8.60. The van der Waals surface area contributed by atoms with Crippen LogP contribution in [-0.4, -0.2) is 91.2 Å². The third kappa shape index (κ3) is 5.02. The van der Waals surface area contributed by atoms with E-state index in [9.17, 15) is 34.3 Å². The van der Waals surface area contributed by atoms with E-state index in [-0.39, 0.29) is 46.4 Å². The lowest BCUT2D eigenvalue weighted by molar-refractivity contribution is -0.150. The van der Waals surface area contributed by atoms with Crippen LogP contribution in [0.5, 0.6) is 5.75 Å². The fraction of sp³-hybridized carbons (Fsp3) is 0.240. The van der Waals surface area contributed by atoms with Crippen LogP contribution in [0.1, 0.15) is 22.5 Å². The van der Waals surface area contributed by atoms with Crippen molar-refractivity contribution in [2.75, 3.05) is 25.1 Å². The highest BCUT2D eigenvalue weighted by molar-refractivity contribution is 8.00. The molecule has 0 radical (unpaired) electrons. The summed E-state index contributed by atoms with van der Waals surface area (Å²) in [5.41, 5.74) is 5.60. The number of hydrogen-bond donors (Lipinski definition) is 4. The van der Waals surface area contributed by atoms with Crippen LogP contribution in [0.25, 0.3) is 0 Å². The first-order valence-corrected chi connectivity index (χ1v) is 13.9. The van der Waals surface area contributed by atoms with E-state index in [2.05, 4.69) is 15.5 Å². The van der Waals surface area contributed by atoms with Crippen molar-refractivity contribution in [3.05, 3.63) is 63.8 Å². The number of ether oxygens (including phenoxy) is 1. The second-order valence-corrected chi connectivity index (χ2v) is 11.0. The van der Waals surface area contributed by atoms with Crippen LogP contribution in [0.2, 0.25) is 0 Å². The van der Waals surface area contributed by atoms with E-state index >= 15 is 0 Å². The second kappa shape index (κ2) is 11.1. The molecule has 3 aliphatic heterocycles. The van der Waals surface area contributed by atoms with Gasteiger partial charge in [-0.25, -0.2) is 9.78 Å². The Kier molecular flexibility index (Phi) is 7.51. The summed E-state index contributed by atoms with van der Waals surface area (Å²) in [4.78, 5) is 69.9. The molecular weight excluding hydrogens is 576 g/mol. The van der Waals surface area contributed by atoms with Crippen LogP contribution >= 0.6 is 23.1 Å². The minimum atomic E-state index is -1.38. The molecule has 41 heavy (non-hydrogen) atoms. The predicted octanol–water partition coefficient (Wildman–Crippen LogP) is 0.650. The van der Waals surface area contributed by atoms with Crippen molar-refractivity contribution >= 4 is 63.5 Å². The van der Waals surface area contributed by atoms with Gasteiger partial charge in [0.25, 0.3) is 23.6 Å². The molecule has 14 nitrogen and oxygen atoms in total. The molecule has 4 amide bonds. The number of aliphatic carboxylic acids is 1. The van der Waals surface area contributed by atoms with E-state index in [0.717, 1.165) is 21.1 Å². The van der Waals surface area contributed by atoms with Crippen molar-refractivity contribution in [2.45, 2.75) is 17.8 Å². The number of β-lactam (4-membered cyclic amide) rings is 1. The topological polar surface area (TPSA) is 205 Å². The van der Waals surface area contributed by atoms with Crippen LogP contribution in [-0.2, 0) is 19.2 Å². The predicted molar refractivity (Wildman–Crippen MR) is 146 cm³/mol. The number of nitrogens with one attached hydrogen (secondary N) is 1. The standard InChI is InChI=1S/C25H22N6O8S2/c1-39-14-4-2-11(3-5-14)20(33)30-7-6-12(21(30)34)8-13-9-40-23-17(22(35)31(23)18(13)24(36)37)28-19(32)16(29-38)15-10-41-25(26)27-15/h2-5,8,10,17,23,38H,6-7,9H2,1H3,(H2,26,27)(H,28,32)(H,36,37)/b12-8+,29-16-/t17-,23-/m1/s1. The van der Waals surface area contributed by atoms with Gasteiger partial charge in [-0.3, -0.25) is 29.0 Å². The molecule has 5 N–H and O–H groups in total. The van der Waals surface area contributed by atoms with Crippen molar-refractivity contribution < 1.29 is 39.0 Å². The van der Waals surface area contributed by atoms with E-state index in [4.69, 9.17) is 10.5 Å². The number of carboxylic acid groups (broad SMARTS) is 1. The van der Waals surface area contributed by atoms with E-state index in [1.807, 2.05) is 0 Å². The molecule has 5 rings (SSSR count). The summed E-state index contributed by atoms with van der Waals surface area (Å²) < 4.78 is 5.09. The summed E-state index contributed by atoms with van der Waals surface area (Å²) >= 11 is 2.22. The number of imide groups is 1. The van der Waals surface area contributed by atoms with Crippen LogP contribution in [0.4, 0.5) is 5.13 Å². The van der Waals surface area contributed by atoms with Gasteiger partial charge in [0.15, 0.2) is 10.8 Å². The number of carbonyl (C=O) groups excluding carboxylic acids is 4. The molecule has 1 aromatic heterocycles. The summed E-state index contributed by atoms with van der Waals surface area (Å²) in [6, 6.07) is 5.22. The fourth-order valence-electron chi connectivity index (χ4n) is 4.61. The van der Waals surface area contributed by atoms with Crippen molar-refractivity contribution in [1.82, 2.24) is 20.1 Å². The number of anilines is 1. The average Bonchev–Trinajstić information content (AvgIpc) is 3.56. The van der Waals surface area contributed by atoms with Crippen LogP contribution in [0, 0.1) is 0 Å². The maximum atomic E-state index is 13.1. The molecule has 0 aliphatic carbocycles. The number of rotatable bonds is 7. The van der Waals surface area contributed by atoms with Crippen molar-refractivity contribution in [2.24, 2.45) is 5.16 Å². The summed E-state index contributed by atoms with van der Waals surface area (Å²) in [5.74, 6) is -3.31. The number of amides is 4. The van der Waals surface area contributed by atoms with E-state index in [0.29, 0.717) is 11.3 Å². The molecule has 0 bridgehead atoms. The molecule has 16 heteroatoms. The molecule has 2 aromatic rings. The van der Waals surface area contributed by atoms with Gasteiger partial charge < -0.3 is 26.1 Å². The van der Waals surface area contributed by atoms with Crippen molar-refractivity contribution in [3.63, 3.8) is 0 Å². The Balaban J connectivity index is 1.32. The molecule has 2 atom stereocenters. The Morgan fingerprint density at radius 1 is 1.24 bits per heavy atom. The average molecular weight is 599 g/mol. The number of carboxylic acids is 1. The molecule has 0 unspecified atom stereocenters. The number of fused-ring (bicyclic) bond motifs is 1. The van der Waals surface area contributed by atoms with Gasteiger partial charge >= 0.3 is 5.97 Å². The number of nitrogen functional groups attached to an aromatic ring is 1. The second-order valence-electron chi connectivity index (χ2n) is 8.97. The number of allylic oxidation sites excluding steroid dienone is 1. The van der Waals surface area contributed by atoms with Gasteiger partial charge in [0, 0.05) is 28.8 Å². The SMILES string of the molecule is COc1ccc(C(=O)N2CC/C(=C\C3=C(C(=O)O)N4C(=O)[C@@H](NC(=O)/C(=N\O)c5csc(N)n5)[C@H]4SC3)C2=O)cc1. The first-order valence-electron chi connectivity index (χ1n) is 12.0. The Labute approximate surface area is 240 Å². The van der Waals surface area contributed by atoms with E-state index < -0.39 is 46.7 Å². The summed E-state index contributed by atoms with van der Waals surface area (Å²) in [7, 11) is 1.50. The van der Waals surface area contributed by atoms with Crippen LogP contribution in [0.3, 0.4) is 0 Å². The zero-order chi connectivity index (χ0) is 29.4. The quantitative estimate of drug-likeness (QED) is 0.0869. The van der Waals surface area contributed by atoms with Crippen LogP contribution in [0.15, 0.2) is 57.7 Å². The smallest absolute Gasteiger partial charge is 0.352 e. The van der Waals surface area contributed by atoms with Gasteiger partial charge in [-0.1, -0.05) is 5.16 Å². The molecule has 1 aromatic carbocycles. The molecular formula is C25H22N6O8S2. The number of carbonyl (C=O) groups is 5. The Hall–Kier alpha value is -4.70. The molecule has 212 valence electrons. The highest BCUT2D eigenvalue weighted by Gasteiger charge is 2.54. The molecule has 0 saturated carbocycles. The van der Waals surface area contributed by atoms with Gasteiger partial charge in [-0.05, 0) is 42.3 Å². The number of methoxy groups -OCH3 is 1. The molecule has 2 saturated heterocycles. The first kappa shape index (κ1) is 27.9. The number of nitrogens with two attached hydrogens (primary N) is 1. The monoisotopic (exact) mass is 598 g/mol. The number of aromatic nitrogens is 1. The van der Waals surface area contributed by atoms with Gasteiger partial charge in [0.1, 0.15) is 28.6 Å². The third-order valence-electron chi connectivity index (χ3n) is 6.62. The number of likely N-dealkylation sites (tertiary alicyclic amines) is 1. The highest BCUT2D eigenvalue weighted by Crippen LogP contribution is 2.41. The lowest BCUT2D eigenvalue weighted by Crippen LogP contribution is -2.71. The van der Waals surface area contributed by atoms with Crippen molar-refractivity contribution in [3.8, 4) is 5.75 Å². The van der Waals surface area contributed by atoms with E-state index in [1.165, 1.54) is 30.3 Å². The minimum absolute atomic E-state index is 0.0215. The normalized spacial score (nSPS) is 21.6. The van der Waals surface area contributed by atoms with Gasteiger partial charge in [0.05, 0.1) is 7.11 Å². The number of nitrogens with zero attached hydrogens (tertiary/aromatic N) is 4. The number of thioether (sulfide) groups is 1. The number of benzene rings is 1. The maximum absolute atomic E-state index is 13.1. The summed E-state index contributed by atoms with van der Waals surface area (Å²) in [6.45, 7) is 0.122. The molecule has 3 aliphatic rings. The Morgan fingerprint density at radius 2 is 1.98 bits per heavy atom. The fourth-order valence-corrected chi connectivity index (χ4v) is 6.47. The number of oxime groups is 1.